The van der Waals surface area contributed by atoms with Crippen molar-refractivity contribution in [3.05, 3.63) is 0 Å². The third kappa shape index (κ3) is 2.30. The molecule has 0 radical (unpaired) electrons. The topological polar surface area (TPSA) is 55.4 Å². The second-order valence-electron chi connectivity index (χ2n) is 4.50. The van der Waals surface area contributed by atoms with Crippen LogP contribution in [0.3, 0.4) is 0 Å². The van der Waals surface area contributed by atoms with Crippen molar-refractivity contribution in [2.75, 3.05) is 0 Å². The van der Waals surface area contributed by atoms with Crippen molar-refractivity contribution < 1.29 is 14.3 Å². The predicted octanol–water partition coefficient (Wildman–Crippen LogP) is 0.997. The van der Waals surface area contributed by atoms with Gasteiger partial charge in [-0.15, -0.1) is 0 Å². The maximum Gasteiger partial charge on any atom is 0.308 e. The standard InChI is InChI=1S/C11H17NO3/c1-7-9(6-10(13)15-7)12-11(14)8-4-2-3-5-8/h7-9H,2-6H2,1H3,(H,12,14)/t7-,9-/m0/s1. The van der Waals surface area contributed by atoms with Crippen LogP contribution in [0.4, 0.5) is 0 Å². The number of cyclic esters (lactones) is 1. The molecule has 84 valence electrons. The fourth-order valence-corrected chi connectivity index (χ4v) is 2.34. The summed E-state index contributed by atoms with van der Waals surface area (Å²) in [5.41, 5.74) is 0. The average molecular weight is 211 g/mol. The highest BCUT2D eigenvalue weighted by Crippen LogP contribution is 2.25. The van der Waals surface area contributed by atoms with E-state index in [1.54, 1.807) is 0 Å². The van der Waals surface area contributed by atoms with Gasteiger partial charge >= 0.3 is 5.97 Å². The normalized spacial score (nSPS) is 31.7. The monoisotopic (exact) mass is 211 g/mol. The highest BCUT2D eigenvalue weighted by molar-refractivity contribution is 5.81. The molecule has 1 aliphatic carbocycles. The molecule has 0 aromatic heterocycles. The van der Waals surface area contributed by atoms with E-state index >= 15 is 0 Å². The molecule has 1 saturated carbocycles. The number of carbonyl (C=O) groups is 2. The molecule has 1 aliphatic heterocycles. The Hall–Kier alpha value is -1.06. The van der Waals surface area contributed by atoms with E-state index < -0.39 is 0 Å². The molecule has 0 aromatic rings. The van der Waals surface area contributed by atoms with E-state index in [1.165, 1.54) is 0 Å². The first-order valence-corrected chi connectivity index (χ1v) is 5.66. The molecule has 1 saturated heterocycles. The van der Waals surface area contributed by atoms with Crippen molar-refractivity contribution in [2.45, 2.75) is 51.2 Å². The number of esters is 1. The molecule has 2 rings (SSSR count). The quantitative estimate of drug-likeness (QED) is 0.693. The predicted molar refractivity (Wildman–Crippen MR) is 54.1 cm³/mol. The van der Waals surface area contributed by atoms with Gasteiger partial charge in [0, 0.05) is 5.92 Å². The van der Waals surface area contributed by atoms with Gasteiger partial charge in [-0.1, -0.05) is 12.8 Å². The van der Waals surface area contributed by atoms with E-state index in [-0.39, 0.29) is 29.9 Å². The summed E-state index contributed by atoms with van der Waals surface area (Å²) in [6.45, 7) is 1.82. The van der Waals surface area contributed by atoms with Crippen molar-refractivity contribution in [1.29, 1.82) is 0 Å². The van der Waals surface area contributed by atoms with E-state index in [9.17, 15) is 9.59 Å². The molecule has 0 spiro atoms. The lowest BCUT2D eigenvalue weighted by atomic mass is 10.1. The Balaban J connectivity index is 1.85. The lowest BCUT2D eigenvalue weighted by Gasteiger charge is -2.17. The number of hydrogen-bond acceptors (Lipinski definition) is 3. The Morgan fingerprint density at radius 2 is 2.07 bits per heavy atom. The van der Waals surface area contributed by atoms with Crippen LogP contribution in [-0.4, -0.2) is 24.0 Å². The molecule has 4 heteroatoms. The number of nitrogens with one attached hydrogen (secondary N) is 1. The minimum absolute atomic E-state index is 0.0997. The van der Waals surface area contributed by atoms with Crippen LogP contribution in [0.2, 0.25) is 0 Å². The molecule has 1 N–H and O–H groups in total. The molecule has 4 nitrogen and oxygen atoms in total. The number of ether oxygens (including phenoxy) is 1. The molecule has 1 heterocycles. The van der Waals surface area contributed by atoms with Gasteiger partial charge in [-0.3, -0.25) is 9.59 Å². The number of rotatable bonds is 2. The van der Waals surface area contributed by atoms with E-state index in [2.05, 4.69) is 5.32 Å². The van der Waals surface area contributed by atoms with Crippen molar-refractivity contribution in [3.63, 3.8) is 0 Å². The zero-order chi connectivity index (χ0) is 10.8. The molecular formula is C11H17NO3. The Bertz CT molecular complexity index is 271. The van der Waals surface area contributed by atoms with Crippen molar-refractivity contribution in [2.24, 2.45) is 5.92 Å². The largest absolute Gasteiger partial charge is 0.460 e. The van der Waals surface area contributed by atoms with Crippen LogP contribution in [0.1, 0.15) is 39.0 Å². The maximum atomic E-state index is 11.8. The molecular weight excluding hydrogens is 194 g/mol. The van der Waals surface area contributed by atoms with Crippen molar-refractivity contribution in [1.82, 2.24) is 5.32 Å². The highest BCUT2D eigenvalue weighted by Gasteiger charge is 2.34. The van der Waals surface area contributed by atoms with Crippen molar-refractivity contribution >= 4 is 11.9 Å². The average Bonchev–Trinajstić information content (AvgIpc) is 2.76. The van der Waals surface area contributed by atoms with Gasteiger partial charge in [0.2, 0.25) is 5.91 Å². The summed E-state index contributed by atoms with van der Waals surface area (Å²) >= 11 is 0. The first kappa shape index (κ1) is 10.5. The zero-order valence-electron chi connectivity index (χ0n) is 8.99. The summed E-state index contributed by atoms with van der Waals surface area (Å²) < 4.78 is 4.98. The summed E-state index contributed by atoms with van der Waals surface area (Å²) in [5.74, 6) is 0.0507. The minimum Gasteiger partial charge on any atom is -0.460 e. The second kappa shape index (κ2) is 4.21. The Labute approximate surface area is 89.4 Å². The van der Waals surface area contributed by atoms with Gasteiger partial charge in [-0.2, -0.15) is 0 Å². The fourth-order valence-electron chi connectivity index (χ4n) is 2.34. The third-order valence-electron chi connectivity index (χ3n) is 3.32. The summed E-state index contributed by atoms with van der Waals surface area (Å²) in [6, 6.07) is -0.120. The summed E-state index contributed by atoms with van der Waals surface area (Å²) in [7, 11) is 0. The first-order valence-electron chi connectivity index (χ1n) is 5.66. The lowest BCUT2D eigenvalue weighted by Crippen LogP contribution is -2.41. The first-order chi connectivity index (χ1) is 7.16. The molecule has 0 bridgehead atoms. The highest BCUT2D eigenvalue weighted by atomic mass is 16.6. The maximum absolute atomic E-state index is 11.8. The fraction of sp³-hybridized carbons (Fsp3) is 0.818. The molecule has 0 aromatic carbocycles. The summed E-state index contributed by atoms with van der Waals surface area (Å²) in [6.07, 6.45) is 4.41. The van der Waals surface area contributed by atoms with Gasteiger partial charge in [0.1, 0.15) is 6.10 Å². The van der Waals surface area contributed by atoms with E-state index in [1.807, 2.05) is 6.92 Å². The lowest BCUT2D eigenvalue weighted by molar-refractivity contribution is -0.141. The van der Waals surface area contributed by atoms with E-state index in [0.717, 1.165) is 25.7 Å². The van der Waals surface area contributed by atoms with Gasteiger partial charge < -0.3 is 10.1 Å². The van der Waals surface area contributed by atoms with Crippen LogP contribution in [0.5, 0.6) is 0 Å². The molecule has 15 heavy (non-hydrogen) atoms. The van der Waals surface area contributed by atoms with Crippen LogP contribution in [0.25, 0.3) is 0 Å². The molecule has 2 aliphatic rings. The Morgan fingerprint density at radius 1 is 1.40 bits per heavy atom. The number of hydrogen-bond donors (Lipinski definition) is 1. The van der Waals surface area contributed by atoms with Crippen LogP contribution in [0.15, 0.2) is 0 Å². The SMILES string of the molecule is C[C@@H]1OC(=O)C[C@@H]1NC(=O)C1CCCC1. The van der Waals surface area contributed by atoms with Gasteiger partial charge in [0.05, 0.1) is 12.5 Å². The van der Waals surface area contributed by atoms with Gasteiger partial charge in [0.15, 0.2) is 0 Å². The molecule has 2 fully saturated rings. The van der Waals surface area contributed by atoms with E-state index in [0.29, 0.717) is 6.42 Å². The third-order valence-corrected chi connectivity index (χ3v) is 3.32. The Morgan fingerprint density at radius 3 is 2.60 bits per heavy atom. The summed E-state index contributed by atoms with van der Waals surface area (Å²) in [5, 5.41) is 2.92. The van der Waals surface area contributed by atoms with Crippen molar-refractivity contribution in [3.8, 4) is 0 Å². The molecule has 1 amide bonds. The summed E-state index contributed by atoms with van der Waals surface area (Å²) in [4.78, 5) is 22.8. The minimum atomic E-state index is -0.209. The second-order valence-corrected chi connectivity index (χ2v) is 4.50. The van der Waals surface area contributed by atoms with Gasteiger partial charge in [-0.25, -0.2) is 0 Å². The van der Waals surface area contributed by atoms with Crippen LogP contribution >= 0.6 is 0 Å². The van der Waals surface area contributed by atoms with Crippen LogP contribution in [-0.2, 0) is 14.3 Å². The van der Waals surface area contributed by atoms with E-state index in [4.69, 9.17) is 4.74 Å². The van der Waals surface area contributed by atoms with Crippen LogP contribution < -0.4 is 5.32 Å². The molecule has 2 atom stereocenters. The smallest absolute Gasteiger partial charge is 0.308 e. The molecule has 0 unspecified atom stereocenters. The number of amides is 1. The Kier molecular flexibility index (Phi) is 2.93. The van der Waals surface area contributed by atoms with Crippen LogP contribution in [0, 0.1) is 5.92 Å². The van der Waals surface area contributed by atoms with Gasteiger partial charge in [0.25, 0.3) is 0 Å². The zero-order valence-corrected chi connectivity index (χ0v) is 8.99. The van der Waals surface area contributed by atoms with Gasteiger partial charge in [-0.05, 0) is 19.8 Å². The number of carbonyl (C=O) groups excluding carboxylic acids is 2.